The van der Waals surface area contributed by atoms with Crippen LogP contribution in [0.2, 0.25) is 0 Å². The van der Waals surface area contributed by atoms with Gasteiger partial charge in [-0.2, -0.15) is 0 Å². The quantitative estimate of drug-likeness (QED) is 0.737. The maximum Gasteiger partial charge on any atom is 0.238 e. The average Bonchev–Trinajstić information content (AvgIpc) is 2.98. The molecule has 1 heterocycles. The molecule has 1 unspecified atom stereocenters. The smallest absolute Gasteiger partial charge is 0.238 e. The Kier molecular flexibility index (Phi) is 7.23. The molecule has 2 aromatic rings. The van der Waals surface area contributed by atoms with Gasteiger partial charge in [0.05, 0.1) is 11.0 Å². The highest BCUT2D eigenvalue weighted by Gasteiger charge is 2.17. The van der Waals surface area contributed by atoms with Gasteiger partial charge in [-0.1, -0.05) is 23.4 Å². The second kappa shape index (κ2) is 9.40. The Morgan fingerprint density at radius 3 is 2.65 bits per heavy atom. The number of thioether (sulfide) groups is 1. The van der Waals surface area contributed by atoms with Crippen LogP contribution >= 0.6 is 11.8 Å². The van der Waals surface area contributed by atoms with E-state index in [0.717, 1.165) is 17.8 Å². The number of hydrogen-bond donors (Lipinski definition) is 2. The summed E-state index contributed by atoms with van der Waals surface area (Å²) in [7, 11) is 3.95. The van der Waals surface area contributed by atoms with E-state index in [0.29, 0.717) is 11.6 Å². The fourth-order valence-corrected chi connectivity index (χ4v) is 2.92. The highest BCUT2D eigenvalue weighted by Crippen LogP contribution is 2.18. The van der Waals surface area contributed by atoms with E-state index in [4.69, 9.17) is 4.52 Å². The first-order valence-corrected chi connectivity index (χ1v) is 9.28. The molecule has 0 saturated carbocycles. The van der Waals surface area contributed by atoms with Crippen LogP contribution in [0.4, 0.5) is 11.5 Å². The summed E-state index contributed by atoms with van der Waals surface area (Å²) < 4.78 is 4.91. The van der Waals surface area contributed by atoms with Crippen molar-refractivity contribution in [3.63, 3.8) is 0 Å². The summed E-state index contributed by atoms with van der Waals surface area (Å²) in [5.74, 6) is 0.823. The van der Waals surface area contributed by atoms with Gasteiger partial charge >= 0.3 is 0 Å². The second-order valence-electron chi connectivity index (χ2n) is 6.21. The molecule has 1 atom stereocenters. The standard InChI is InChI=1S/C18H24N4O3S/c1-12-9-16(21-25-12)20-18(24)13(2)26-11-17(23)19-15-8-6-5-7-14(15)10-22(3)4/h5-9,13H,10-11H2,1-4H3,(H,19,23)(H,20,21,24). The lowest BCUT2D eigenvalue weighted by molar-refractivity contribution is -0.115. The summed E-state index contributed by atoms with van der Waals surface area (Å²) in [6.45, 7) is 4.24. The zero-order valence-corrected chi connectivity index (χ0v) is 16.2. The van der Waals surface area contributed by atoms with Crippen molar-refractivity contribution < 1.29 is 14.1 Å². The molecule has 2 amide bonds. The first kappa shape index (κ1) is 20.0. The number of aryl methyl sites for hydroxylation is 1. The lowest BCUT2D eigenvalue weighted by Gasteiger charge is -2.15. The molecule has 1 aromatic heterocycles. The Morgan fingerprint density at radius 2 is 2.00 bits per heavy atom. The number of aromatic nitrogens is 1. The van der Waals surface area contributed by atoms with E-state index in [1.165, 1.54) is 11.8 Å². The fourth-order valence-electron chi connectivity index (χ4n) is 2.24. The van der Waals surface area contributed by atoms with E-state index >= 15 is 0 Å². The van der Waals surface area contributed by atoms with E-state index < -0.39 is 5.25 Å². The van der Waals surface area contributed by atoms with Crippen LogP contribution in [0.15, 0.2) is 34.9 Å². The van der Waals surface area contributed by atoms with Gasteiger partial charge in [0, 0.05) is 18.3 Å². The number of nitrogens with one attached hydrogen (secondary N) is 2. The molecule has 0 spiro atoms. The van der Waals surface area contributed by atoms with E-state index in [9.17, 15) is 9.59 Å². The van der Waals surface area contributed by atoms with Crippen LogP contribution in [0.5, 0.6) is 0 Å². The highest BCUT2D eigenvalue weighted by molar-refractivity contribution is 8.01. The Morgan fingerprint density at radius 1 is 1.27 bits per heavy atom. The minimum Gasteiger partial charge on any atom is -0.360 e. The van der Waals surface area contributed by atoms with Gasteiger partial charge in [-0.05, 0) is 39.6 Å². The normalized spacial score (nSPS) is 12.0. The maximum atomic E-state index is 12.2. The predicted molar refractivity (Wildman–Crippen MR) is 104 cm³/mol. The van der Waals surface area contributed by atoms with Crippen molar-refractivity contribution in [3.8, 4) is 0 Å². The van der Waals surface area contributed by atoms with Crippen molar-refractivity contribution in [3.05, 3.63) is 41.7 Å². The van der Waals surface area contributed by atoms with Crippen LogP contribution in [-0.4, -0.2) is 47.0 Å². The highest BCUT2D eigenvalue weighted by atomic mass is 32.2. The van der Waals surface area contributed by atoms with Gasteiger partial charge in [-0.3, -0.25) is 9.59 Å². The lowest BCUT2D eigenvalue weighted by Crippen LogP contribution is -2.25. The van der Waals surface area contributed by atoms with E-state index in [2.05, 4.69) is 15.8 Å². The van der Waals surface area contributed by atoms with Gasteiger partial charge in [0.25, 0.3) is 0 Å². The van der Waals surface area contributed by atoms with Crippen molar-refractivity contribution >= 4 is 35.1 Å². The molecule has 0 bridgehead atoms. The van der Waals surface area contributed by atoms with Gasteiger partial charge in [0.15, 0.2) is 5.82 Å². The molecule has 7 nitrogen and oxygen atoms in total. The first-order chi connectivity index (χ1) is 12.3. The molecule has 0 aliphatic rings. The monoisotopic (exact) mass is 376 g/mol. The number of para-hydroxylation sites is 1. The van der Waals surface area contributed by atoms with Crippen molar-refractivity contribution in [1.29, 1.82) is 0 Å². The minimum atomic E-state index is -0.394. The number of rotatable bonds is 8. The molecule has 2 rings (SSSR count). The number of hydrogen-bond acceptors (Lipinski definition) is 6. The molecule has 1 aromatic carbocycles. The zero-order chi connectivity index (χ0) is 19.1. The van der Waals surface area contributed by atoms with Crippen LogP contribution in [0.1, 0.15) is 18.2 Å². The van der Waals surface area contributed by atoms with Crippen LogP contribution in [0.25, 0.3) is 0 Å². The van der Waals surface area contributed by atoms with Crippen LogP contribution in [0, 0.1) is 6.92 Å². The lowest BCUT2D eigenvalue weighted by atomic mass is 10.1. The maximum absolute atomic E-state index is 12.2. The molecular formula is C18H24N4O3S. The molecule has 2 N–H and O–H groups in total. The van der Waals surface area contributed by atoms with Crippen LogP contribution in [-0.2, 0) is 16.1 Å². The van der Waals surface area contributed by atoms with Gasteiger partial charge in [-0.15, -0.1) is 11.8 Å². The number of anilines is 2. The van der Waals surface area contributed by atoms with Gasteiger partial charge < -0.3 is 20.1 Å². The fraction of sp³-hybridized carbons (Fsp3) is 0.389. The summed E-state index contributed by atoms with van der Waals surface area (Å²) in [6, 6.07) is 9.34. The Bertz CT molecular complexity index is 760. The Balaban J connectivity index is 1.83. The molecule has 8 heteroatoms. The number of benzene rings is 1. The third-order valence-electron chi connectivity index (χ3n) is 3.49. The summed E-state index contributed by atoms with van der Waals surface area (Å²) >= 11 is 1.26. The molecule has 0 fully saturated rings. The van der Waals surface area contributed by atoms with Gasteiger partial charge in [-0.25, -0.2) is 0 Å². The molecular weight excluding hydrogens is 352 g/mol. The number of carbonyl (C=O) groups is 2. The number of amides is 2. The van der Waals surface area contributed by atoms with Crippen molar-refractivity contribution in [1.82, 2.24) is 10.1 Å². The van der Waals surface area contributed by atoms with E-state index in [1.54, 1.807) is 19.9 Å². The van der Waals surface area contributed by atoms with E-state index in [-0.39, 0.29) is 17.6 Å². The summed E-state index contributed by atoms with van der Waals surface area (Å²) in [5, 5.41) is 8.91. The minimum absolute atomic E-state index is 0.141. The van der Waals surface area contributed by atoms with Crippen molar-refractivity contribution in [2.45, 2.75) is 25.6 Å². The summed E-state index contributed by atoms with van der Waals surface area (Å²) in [4.78, 5) is 26.4. The molecule has 0 radical (unpaired) electrons. The third kappa shape index (κ3) is 6.20. The first-order valence-electron chi connectivity index (χ1n) is 8.23. The van der Waals surface area contributed by atoms with Crippen molar-refractivity contribution in [2.75, 3.05) is 30.5 Å². The predicted octanol–water partition coefficient (Wildman–Crippen LogP) is 2.74. The molecule has 0 aliphatic carbocycles. The average molecular weight is 376 g/mol. The molecule has 140 valence electrons. The van der Waals surface area contributed by atoms with Gasteiger partial charge in [0.1, 0.15) is 5.76 Å². The van der Waals surface area contributed by atoms with Crippen LogP contribution in [0.3, 0.4) is 0 Å². The second-order valence-corrected chi connectivity index (χ2v) is 7.54. The van der Waals surface area contributed by atoms with Gasteiger partial charge in [0.2, 0.25) is 11.8 Å². The Hall–Kier alpha value is -2.32. The molecule has 0 aliphatic heterocycles. The molecule has 0 saturated heterocycles. The van der Waals surface area contributed by atoms with Crippen molar-refractivity contribution in [2.24, 2.45) is 0 Å². The topological polar surface area (TPSA) is 87.5 Å². The SMILES string of the molecule is Cc1cc(NC(=O)C(C)SCC(=O)Nc2ccccc2CN(C)C)no1. The number of nitrogens with zero attached hydrogens (tertiary/aromatic N) is 2. The summed E-state index contributed by atoms with van der Waals surface area (Å²) in [5.41, 5.74) is 1.84. The summed E-state index contributed by atoms with van der Waals surface area (Å²) in [6.07, 6.45) is 0. The number of carbonyl (C=O) groups excluding carboxylic acids is 2. The Labute approximate surface area is 157 Å². The largest absolute Gasteiger partial charge is 0.360 e. The molecule has 26 heavy (non-hydrogen) atoms. The van der Waals surface area contributed by atoms with E-state index in [1.807, 2.05) is 43.3 Å². The zero-order valence-electron chi connectivity index (χ0n) is 15.4. The third-order valence-corrected chi connectivity index (χ3v) is 4.63. The van der Waals surface area contributed by atoms with Crippen LogP contribution < -0.4 is 10.6 Å².